The number of aliphatic hydroxyl groups is 1. The first-order valence-corrected chi connectivity index (χ1v) is 5.96. The van der Waals surface area contributed by atoms with Crippen LogP contribution in [0.4, 0.5) is 0 Å². The topological polar surface area (TPSA) is 79.9 Å². The van der Waals surface area contributed by atoms with Gasteiger partial charge in [0.05, 0.1) is 25.3 Å². The van der Waals surface area contributed by atoms with Crippen LogP contribution in [-0.4, -0.2) is 43.5 Å². The second kappa shape index (κ2) is 7.46. The van der Waals surface area contributed by atoms with Crippen LogP contribution in [0.1, 0.15) is 32.1 Å². The van der Waals surface area contributed by atoms with Gasteiger partial charge in [0.1, 0.15) is 0 Å². The van der Waals surface area contributed by atoms with Crippen LogP contribution in [0.3, 0.4) is 0 Å². The lowest BCUT2D eigenvalue weighted by Gasteiger charge is -2.20. The lowest BCUT2D eigenvalue weighted by atomic mass is 9.96. The standard InChI is InChI=1S/C11H23N3O2/c1-16-8-10(7-15)14-11(12)13-9-5-3-2-4-6-9/h9-10,15H,2-8H2,1H3,(H3,12,13,14). The third kappa shape index (κ3) is 4.81. The SMILES string of the molecule is COCC(CO)NC(N)=NC1CCCCC1. The summed E-state index contributed by atoms with van der Waals surface area (Å²) >= 11 is 0. The van der Waals surface area contributed by atoms with Crippen LogP contribution in [0.2, 0.25) is 0 Å². The van der Waals surface area contributed by atoms with Crippen LogP contribution in [-0.2, 0) is 4.74 Å². The van der Waals surface area contributed by atoms with Crippen molar-refractivity contribution in [1.82, 2.24) is 5.32 Å². The minimum atomic E-state index is -0.169. The molecule has 0 heterocycles. The molecule has 0 aromatic rings. The van der Waals surface area contributed by atoms with Gasteiger partial charge in [0.25, 0.3) is 0 Å². The van der Waals surface area contributed by atoms with Gasteiger partial charge in [-0.3, -0.25) is 4.99 Å². The van der Waals surface area contributed by atoms with Gasteiger partial charge < -0.3 is 20.9 Å². The van der Waals surface area contributed by atoms with Crippen molar-refractivity contribution in [3.63, 3.8) is 0 Å². The van der Waals surface area contributed by atoms with Crippen molar-refractivity contribution in [3.05, 3.63) is 0 Å². The maximum Gasteiger partial charge on any atom is 0.189 e. The maximum atomic E-state index is 9.06. The molecule has 1 saturated carbocycles. The van der Waals surface area contributed by atoms with Crippen LogP contribution in [0, 0.1) is 0 Å². The van der Waals surface area contributed by atoms with E-state index in [2.05, 4.69) is 10.3 Å². The van der Waals surface area contributed by atoms with Crippen molar-refractivity contribution in [2.24, 2.45) is 10.7 Å². The van der Waals surface area contributed by atoms with Gasteiger partial charge in [-0.25, -0.2) is 0 Å². The number of hydrogen-bond acceptors (Lipinski definition) is 3. The van der Waals surface area contributed by atoms with Crippen LogP contribution in [0.5, 0.6) is 0 Å². The number of hydrogen-bond donors (Lipinski definition) is 3. The first-order valence-electron chi connectivity index (χ1n) is 5.96. The van der Waals surface area contributed by atoms with Crippen LogP contribution in [0.25, 0.3) is 0 Å². The molecule has 0 radical (unpaired) electrons. The van der Waals surface area contributed by atoms with Gasteiger partial charge in [0.2, 0.25) is 0 Å². The Bertz CT molecular complexity index is 215. The smallest absolute Gasteiger partial charge is 0.189 e. The predicted molar refractivity (Wildman–Crippen MR) is 64.4 cm³/mol. The van der Waals surface area contributed by atoms with E-state index in [0.717, 1.165) is 12.8 Å². The van der Waals surface area contributed by atoms with Gasteiger partial charge in [-0.2, -0.15) is 0 Å². The number of rotatable bonds is 5. The molecule has 0 aromatic carbocycles. The van der Waals surface area contributed by atoms with Gasteiger partial charge in [-0.05, 0) is 12.8 Å². The van der Waals surface area contributed by atoms with Crippen LogP contribution >= 0.6 is 0 Å². The number of methoxy groups -OCH3 is 1. The lowest BCUT2D eigenvalue weighted by molar-refractivity contribution is 0.137. The second-order valence-corrected chi connectivity index (χ2v) is 4.29. The molecule has 16 heavy (non-hydrogen) atoms. The third-order valence-corrected chi connectivity index (χ3v) is 2.84. The molecule has 4 N–H and O–H groups in total. The zero-order valence-corrected chi connectivity index (χ0v) is 9.98. The molecular weight excluding hydrogens is 206 g/mol. The molecule has 0 aromatic heterocycles. The summed E-state index contributed by atoms with van der Waals surface area (Å²) in [6.07, 6.45) is 6.03. The van der Waals surface area contributed by atoms with Crippen molar-refractivity contribution >= 4 is 5.96 Å². The molecule has 94 valence electrons. The fourth-order valence-corrected chi connectivity index (χ4v) is 1.99. The molecule has 1 unspecified atom stereocenters. The minimum Gasteiger partial charge on any atom is -0.394 e. The highest BCUT2D eigenvalue weighted by atomic mass is 16.5. The molecule has 1 aliphatic carbocycles. The number of guanidine groups is 1. The Labute approximate surface area is 97.1 Å². The predicted octanol–water partition coefficient (Wildman–Crippen LogP) is 0.231. The van der Waals surface area contributed by atoms with Crippen molar-refractivity contribution < 1.29 is 9.84 Å². The van der Waals surface area contributed by atoms with Crippen molar-refractivity contribution in [1.29, 1.82) is 0 Å². The summed E-state index contributed by atoms with van der Waals surface area (Å²) in [5.41, 5.74) is 5.78. The zero-order chi connectivity index (χ0) is 11.8. The number of nitrogens with one attached hydrogen (secondary N) is 1. The third-order valence-electron chi connectivity index (χ3n) is 2.84. The fraction of sp³-hybridized carbons (Fsp3) is 0.909. The number of nitrogens with zero attached hydrogens (tertiary/aromatic N) is 1. The van der Waals surface area contributed by atoms with E-state index in [4.69, 9.17) is 15.6 Å². The van der Waals surface area contributed by atoms with E-state index < -0.39 is 0 Å². The highest BCUT2D eigenvalue weighted by Crippen LogP contribution is 2.19. The molecule has 5 heteroatoms. The Morgan fingerprint density at radius 2 is 2.19 bits per heavy atom. The summed E-state index contributed by atoms with van der Waals surface area (Å²) in [7, 11) is 1.60. The molecule has 0 amide bonds. The number of aliphatic hydroxyl groups excluding tert-OH is 1. The highest BCUT2D eigenvalue weighted by Gasteiger charge is 2.13. The van der Waals surface area contributed by atoms with Crippen molar-refractivity contribution in [2.75, 3.05) is 20.3 Å². The van der Waals surface area contributed by atoms with Crippen molar-refractivity contribution in [2.45, 2.75) is 44.2 Å². The summed E-state index contributed by atoms with van der Waals surface area (Å²) in [6, 6.07) is 0.181. The molecule has 0 aliphatic heterocycles. The largest absolute Gasteiger partial charge is 0.394 e. The zero-order valence-electron chi connectivity index (χ0n) is 9.98. The Hall–Kier alpha value is -0.810. The number of nitrogens with two attached hydrogens (primary N) is 1. The molecule has 0 bridgehead atoms. The highest BCUT2D eigenvalue weighted by molar-refractivity contribution is 5.78. The van der Waals surface area contributed by atoms with E-state index in [-0.39, 0.29) is 12.6 Å². The molecule has 0 spiro atoms. The summed E-state index contributed by atoms with van der Waals surface area (Å²) in [5, 5.41) is 12.0. The molecule has 5 nitrogen and oxygen atoms in total. The summed E-state index contributed by atoms with van der Waals surface area (Å²) in [4.78, 5) is 4.42. The van der Waals surface area contributed by atoms with E-state index in [1.807, 2.05) is 0 Å². The van der Waals surface area contributed by atoms with E-state index in [1.54, 1.807) is 7.11 Å². The molecule has 1 atom stereocenters. The van der Waals surface area contributed by atoms with Crippen molar-refractivity contribution in [3.8, 4) is 0 Å². The van der Waals surface area contributed by atoms with Gasteiger partial charge in [0.15, 0.2) is 5.96 Å². The van der Waals surface area contributed by atoms with E-state index in [0.29, 0.717) is 18.6 Å². The quantitative estimate of drug-likeness (QED) is 0.466. The summed E-state index contributed by atoms with van der Waals surface area (Å²) < 4.78 is 4.95. The normalized spacial score (nSPS) is 20.8. The average molecular weight is 229 g/mol. The molecule has 0 saturated heterocycles. The number of ether oxygens (including phenoxy) is 1. The Kier molecular flexibility index (Phi) is 6.18. The van der Waals surface area contributed by atoms with Crippen LogP contribution < -0.4 is 11.1 Å². The fourth-order valence-electron chi connectivity index (χ4n) is 1.99. The van der Waals surface area contributed by atoms with E-state index in [9.17, 15) is 0 Å². The monoisotopic (exact) mass is 229 g/mol. The average Bonchev–Trinajstić information content (AvgIpc) is 2.29. The first kappa shape index (κ1) is 13.3. The van der Waals surface area contributed by atoms with Gasteiger partial charge in [0, 0.05) is 7.11 Å². The lowest BCUT2D eigenvalue weighted by Crippen LogP contribution is -2.45. The number of aliphatic imine (C=N–C) groups is 1. The molecule has 1 aliphatic rings. The summed E-state index contributed by atoms with van der Waals surface area (Å²) in [5.74, 6) is 0.419. The first-order chi connectivity index (χ1) is 7.76. The Morgan fingerprint density at radius 3 is 2.75 bits per heavy atom. The van der Waals surface area contributed by atoms with E-state index >= 15 is 0 Å². The van der Waals surface area contributed by atoms with Gasteiger partial charge in [-0.15, -0.1) is 0 Å². The summed E-state index contributed by atoms with van der Waals surface area (Å²) in [6.45, 7) is 0.423. The second-order valence-electron chi connectivity index (χ2n) is 4.29. The van der Waals surface area contributed by atoms with Crippen LogP contribution in [0.15, 0.2) is 4.99 Å². The molecule has 1 fully saturated rings. The molecular formula is C11H23N3O2. The Balaban J connectivity index is 2.36. The maximum absolute atomic E-state index is 9.06. The van der Waals surface area contributed by atoms with Gasteiger partial charge >= 0.3 is 0 Å². The Morgan fingerprint density at radius 1 is 1.50 bits per heavy atom. The molecule has 1 rings (SSSR count). The van der Waals surface area contributed by atoms with Gasteiger partial charge in [-0.1, -0.05) is 19.3 Å². The minimum absolute atomic E-state index is 0.00523. The van der Waals surface area contributed by atoms with E-state index in [1.165, 1.54) is 19.3 Å².